The smallest absolute Gasteiger partial charge is 0.220 e. The summed E-state index contributed by atoms with van der Waals surface area (Å²) in [7, 11) is 0. The van der Waals surface area contributed by atoms with Gasteiger partial charge in [0.25, 0.3) is 0 Å². The largest absolute Gasteiger partial charge is 0.353 e. The molecule has 1 amide bonds. The van der Waals surface area contributed by atoms with Crippen LogP contribution in [0.2, 0.25) is 0 Å². The van der Waals surface area contributed by atoms with Gasteiger partial charge in [0, 0.05) is 18.9 Å². The molecular formula is C15H26N2O. The van der Waals surface area contributed by atoms with Gasteiger partial charge in [0.15, 0.2) is 0 Å². The Kier molecular flexibility index (Phi) is 7.48. The van der Waals surface area contributed by atoms with Crippen LogP contribution in [0.3, 0.4) is 0 Å². The Balaban J connectivity index is 2.09. The van der Waals surface area contributed by atoms with E-state index in [9.17, 15) is 4.79 Å². The molecule has 102 valence electrons. The van der Waals surface area contributed by atoms with Crippen LogP contribution in [-0.2, 0) is 4.79 Å². The van der Waals surface area contributed by atoms with E-state index in [1.165, 1.54) is 19.3 Å². The van der Waals surface area contributed by atoms with Gasteiger partial charge in [-0.15, -0.1) is 0 Å². The van der Waals surface area contributed by atoms with Crippen LogP contribution < -0.4 is 5.32 Å². The number of nitrogens with one attached hydrogen (secondary N) is 1. The lowest BCUT2D eigenvalue weighted by Crippen LogP contribution is -2.37. The fourth-order valence-corrected chi connectivity index (χ4v) is 2.65. The highest BCUT2D eigenvalue weighted by molar-refractivity contribution is 5.76. The average Bonchev–Trinajstić information content (AvgIpc) is 2.37. The van der Waals surface area contributed by atoms with Crippen LogP contribution in [0.15, 0.2) is 0 Å². The van der Waals surface area contributed by atoms with E-state index < -0.39 is 0 Å². The molecule has 3 heteroatoms. The molecule has 0 aromatic carbocycles. The lowest BCUT2D eigenvalue weighted by atomic mass is 9.84. The summed E-state index contributed by atoms with van der Waals surface area (Å²) in [5, 5.41) is 11.8. The van der Waals surface area contributed by atoms with E-state index in [0.29, 0.717) is 24.8 Å². The molecule has 18 heavy (non-hydrogen) atoms. The van der Waals surface area contributed by atoms with Crippen LogP contribution in [0.5, 0.6) is 0 Å². The van der Waals surface area contributed by atoms with Gasteiger partial charge in [-0.05, 0) is 38.0 Å². The molecule has 1 saturated carbocycles. The number of amides is 1. The van der Waals surface area contributed by atoms with Crippen molar-refractivity contribution in [1.82, 2.24) is 5.32 Å². The van der Waals surface area contributed by atoms with Gasteiger partial charge in [-0.3, -0.25) is 4.79 Å². The van der Waals surface area contributed by atoms with E-state index in [1.54, 1.807) is 0 Å². The summed E-state index contributed by atoms with van der Waals surface area (Å²) in [5.41, 5.74) is 0. The second-order valence-corrected chi connectivity index (χ2v) is 5.46. The van der Waals surface area contributed by atoms with Crippen LogP contribution >= 0.6 is 0 Å². The minimum absolute atomic E-state index is 0.217. The van der Waals surface area contributed by atoms with Crippen molar-refractivity contribution in [2.24, 2.45) is 5.92 Å². The molecular weight excluding hydrogens is 224 g/mol. The molecule has 3 nitrogen and oxygen atoms in total. The number of unbranched alkanes of at least 4 members (excludes halogenated alkanes) is 3. The fraction of sp³-hybridized carbons (Fsp3) is 0.867. The second-order valence-electron chi connectivity index (χ2n) is 5.46. The van der Waals surface area contributed by atoms with Gasteiger partial charge in [-0.2, -0.15) is 5.26 Å². The highest BCUT2D eigenvalue weighted by Crippen LogP contribution is 2.26. The van der Waals surface area contributed by atoms with E-state index in [1.807, 2.05) is 0 Å². The van der Waals surface area contributed by atoms with Gasteiger partial charge in [-0.1, -0.05) is 26.2 Å². The van der Waals surface area contributed by atoms with E-state index in [0.717, 1.165) is 32.1 Å². The Morgan fingerprint density at radius 1 is 1.22 bits per heavy atom. The first-order valence-electron chi connectivity index (χ1n) is 7.42. The first-order chi connectivity index (χ1) is 8.76. The van der Waals surface area contributed by atoms with Gasteiger partial charge >= 0.3 is 0 Å². The van der Waals surface area contributed by atoms with Gasteiger partial charge in [0.1, 0.15) is 0 Å². The van der Waals surface area contributed by atoms with E-state index >= 15 is 0 Å². The molecule has 1 fully saturated rings. The highest BCUT2D eigenvalue weighted by Gasteiger charge is 2.21. The van der Waals surface area contributed by atoms with Crippen molar-refractivity contribution in [1.29, 1.82) is 5.26 Å². The quantitative estimate of drug-likeness (QED) is 0.702. The molecule has 0 unspecified atom stereocenters. The predicted octanol–water partition coefficient (Wildman–Crippen LogP) is 3.55. The first kappa shape index (κ1) is 15.0. The van der Waals surface area contributed by atoms with Crippen molar-refractivity contribution in [2.75, 3.05) is 0 Å². The predicted molar refractivity (Wildman–Crippen MR) is 72.9 cm³/mol. The SMILES string of the molecule is CCCCCCC(=O)NC1CCC(CC#N)CC1. The van der Waals surface area contributed by atoms with Crippen molar-refractivity contribution in [3.8, 4) is 6.07 Å². The molecule has 1 aliphatic rings. The van der Waals surface area contributed by atoms with E-state index in [4.69, 9.17) is 5.26 Å². The molecule has 0 bridgehead atoms. The van der Waals surface area contributed by atoms with Crippen LogP contribution in [-0.4, -0.2) is 11.9 Å². The lowest BCUT2D eigenvalue weighted by Gasteiger charge is -2.27. The zero-order valence-corrected chi connectivity index (χ0v) is 11.6. The second kappa shape index (κ2) is 8.97. The maximum Gasteiger partial charge on any atom is 0.220 e. The minimum Gasteiger partial charge on any atom is -0.353 e. The zero-order valence-electron chi connectivity index (χ0n) is 11.6. The summed E-state index contributed by atoms with van der Waals surface area (Å²) < 4.78 is 0. The molecule has 0 aromatic heterocycles. The summed E-state index contributed by atoms with van der Waals surface area (Å²) in [5.74, 6) is 0.780. The van der Waals surface area contributed by atoms with Crippen molar-refractivity contribution in [2.45, 2.75) is 77.2 Å². The lowest BCUT2D eigenvalue weighted by molar-refractivity contribution is -0.122. The molecule has 1 N–H and O–H groups in total. The van der Waals surface area contributed by atoms with Crippen molar-refractivity contribution < 1.29 is 4.79 Å². The number of hydrogen-bond acceptors (Lipinski definition) is 2. The number of nitrogens with zero attached hydrogens (tertiary/aromatic N) is 1. The molecule has 0 radical (unpaired) electrons. The molecule has 0 saturated heterocycles. The van der Waals surface area contributed by atoms with E-state index in [-0.39, 0.29) is 5.91 Å². The normalized spacial score (nSPS) is 23.3. The third-order valence-electron chi connectivity index (χ3n) is 3.85. The van der Waals surface area contributed by atoms with Crippen molar-refractivity contribution in [3.05, 3.63) is 0 Å². The zero-order chi connectivity index (χ0) is 13.2. The van der Waals surface area contributed by atoms with E-state index in [2.05, 4.69) is 18.3 Å². The number of nitriles is 1. The molecule has 1 rings (SSSR count). The van der Waals surface area contributed by atoms with Gasteiger partial charge < -0.3 is 5.32 Å². The Labute approximate surface area is 111 Å². The Morgan fingerprint density at radius 3 is 2.56 bits per heavy atom. The van der Waals surface area contributed by atoms with Crippen LogP contribution in [0.25, 0.3) is 0 Å². The Morgan fingerprint density at radius 2 is 1.94 bits per heavy atom. The van der Waals surface area contributed by atoms with Gasteiger partial charge in [0.05, 0.1) is 6.07 Å². The molecule has 1 aliphatic carbocycles. The number of rotatable bonds is 7. The summed E-state index contributed by atoms with van der Waals surface area (Å²) >= 11 is 0. The van der Waals surface area contributed by atoms with Crippen LogP contribution in [0.4, 0.5) is 0 Å². The number of hydrogen-bond donors (Lipinski definition) is 1. The Hall–Kier alpha value is -1.04. The minimum atomic E-state index is 0.217. The molecule has 0 aliphatic heterocycles. The summed E-state index contributed by atoms with van der Waals surface area (Å²) in [6.07, 6.45) is 10.3. The third kappa shape index (κ3) is 6.05. The van der Waals surface area contributed by atoms with Gasteiger partial charge in [-0.25, -0.2) is 0 Å². The fourth-order valence-electron chi connectivity index (χ4n) is 2.65. The van der Waals surface area contributed by atoms with Crippen LogP contribution in [0, 0.1) is 17.2 Å². The summed E-state index contributed by atoms with van der Waals surface area (Å²) in [4.78, 5) is 11.7. The first-order valence-corrected chi connectivity index (χ1v) is 7.42. The summed E-state index contributed by atoms with van der Waals surface area (Å²) in [6.45, 7) is 2.18. The average molecular weight is 250 g/mol. The molecule has 0 spiro atoms. The van der Waals surface area contributed by atoms with Crippen LogP contribution in [0.1, 0.15) is 71.1 Å². The van der Waals surface area contributed by atoms with Crippen molar-refractivity contribution in [3.63, 3.8) is 0 Å². The third-order valence-corrected chi connectivity index (χ3v) is 3.85. The summed E-state index contributed by atoms with van der Waals surface area (Å²) in [6, 6.07) is 2.61. The van der Waals surface area contributed by atoms with Crippen molar-refractivity contribution >= 4 is 5.91 Å². The maximum atomic E-state index is 11.7. The Bertz CT molecular complexity index is 275. The highest BCUT2D eigenvalue weighted by atomic mass is 16.1. The maximum absolute atomic E-state index is 11.7. The molecule has 0 heterocycles. The monoisotopic (exact) mass is 250 g/mol. The number of carbonyl (C=O) groups excluding carboxylic acids is 1. The molecule has 0 aromatic rings. The topological polar surface area (TPSA) is 52.9 Å². The standard InChI is InChI=1S/C15H26N2O/c1-2-3-4-5-6-15(18)17-14-9-7-13(8-10-14)11-12-16/h13-14H,2-11H2,1H3,(H,17,18). The van der Waals surface area contributed by atoms with Gasteiger partial charge in [0.2, 0.25) is 5.91 Å². The molecule has 0 atom stereocenters. The number of carbonyl (C=O) groups is 1.